The van der Waals surface area contributed by atoms with Crippen LogP contribution in [0.25, 0.3) is 0 Å². The topological polar surface area (TPSA) is 63.2 Å². The molecular formula is C16H21N3O2S. The van der Waals surface area contributed by atoms with Crippen LogP contribution in [0.1, 0.15) is 24.5 Å². The molecule has 5 nitrogen and oxygen atoms in total. The standard InChI is InChI=1S/C16H21N3O2S/c1-11-10-22-15(18-11)16(2,3)17-9-14(20)19-12-7-5-6-8-13(12)21-4/h5-8,10,17H,9H2,1-4H3,(H,19,20). The summed E-state index contributed by atoms with van der Waals surface area (Å²) in [4.78, 5) is 16.6. The highest BCUT2D eigenvalue weighted by atomic mass is 32.1. The fraction of sp³-hybridized carbons (Fsp3) is 0.375. The van der Waals surface area contributed by atoms with Crippen LogP contribution in [0.3, 0.4) is 0 Å². The molecule has 1 aromatic carbocycles. The molecule has 0 spiro atoms. The highest BCUT2D eigenvalue weighted by Gasteiger charge is 2.24. The minimum Gasteiger partial charge on any atom is -0.495 e. The Morgan fingerprint density at radius 1 is 1.36 bits per heavy atom. The van der Waals surface area contributed by atoms with E-state index in [1.54, 1.807) is 18.4 Å². The number of anilines is 1. The highest BCUT2D eigenvalue weighted by Crippen LogP contribution is 2.24. The van der Waals surface area contributed by atoms with Crippen molar-refractivity contribution < 1.29 is 9.53 Å². The molecule has 0 aliphatic carbocycles. The number of benzene rings is 1. The van der Waals surface area contributed by atoms with E-state index < -0.39 is 0 Å². The van der Waals surface area contributed by atoms with E-state index in [9.17, 15) is 4.79 Å². The second-order valence-corrected chi connectivity index (χ2v) is 6.38. The summed E-state index contributed by atoms with van der Waals surface area (Å²) in [7, 11) is 1.58. The van der Waals surface area contributed by atoms with Crippen LogP contribution < -0.4 is 15.4 Å². The average molecular weight is 319 g/mol. The van der Waals surface area contributed by atoms with Gasteiger partial charge in [0.1, 0.15) is 10.8 Å². The van der Waals surface area contributed by atoms with Gasteiger partial charge in [-0.2, -0.15) is 0 Å². The lowest BCUT2D eigenvalue weighted by atomic mass is 10.1. The maximum Gasteiger partial charge on any atom is 0.238 e. The molecule has 1 aromatic heterocycles. The number of para-hydroxylation sites is 2. The van der Waals surface area contributed by atoms with Crippen molar-refractivity contribution in [3.05, 3.63) is 40.3 Å². The number of amides is 1. The van der Waals surface area contributed by atoms with Crippen LogP contribution in [0.15, 0.2) is 29.6 Å². The fourth-order valence-corrected chi connectivity index (χ4v) is 2.86. The van der Waals surface area contributed by atoms with Gasteiger partial charge in [0.25, 0.3) is 0 Å². The van der Waals surface area contributed by atoms with Gasteiger partial charge in [0.15, 0.2) is 0 Å². The zero-order chi connectivity index (χ0) is 16.2. The first kappa shape index (κ1) is 16.5. The lowest BCUT2D eigenvalue weighted by molar-refractivity contribution is -0.115. The first-order chi connectivity index (χ1) is 10.4. The SMILES string of the molecule is COc1ccccc1NC(=O)CNC(C)(C)c1nc(C)cs1. The molecular weight excluding hydrogens is 298 g/mol. The van der Waals surface area contributed by atoms with Gasteiger partial charge in [0, 0.05) is 11.1 Å². The van der Waals surface area contributed by atoms with Crippen LogP contribution in [0.2, 0.25) is 0 Å². The minimum atomic E-state index is -0.350. The summed E-state index contributed by atoms with van der Waals surface area (Å²) in [5, 5.41) is 9.06. The van der Waals surface area contributed by atoms with E-state index in [1.165, 1.54) is 0 Å². The van der Waals surface area contributed by atoms with Crippen LogP contribution in [0.5, 0.6) is 5.75 Å². The van der Waals surface area contributed by atoms with Crippen molar-refractivity contribution in [3.8, 4) is 5.75 Å². The summed E-state index contributed by atoms with van der Waals surface area (Å²) in [6.07, 6.45) is 0. The molecule has 0 aliphatic heterocycles. The van der Waals surface area contributed by atoms with Gasteiger partial charge in [-0.1, -0.05) is 12.1 Å². The number of aromatic nitrogens is 1. The number of carbonyl (C=O) groups is 1. The molecule has 0 radical (unpaired) electrons. The van der Waals surface area contributed by atoms with Gasteiger partial charge in [0.2, 0.25) is 5.91 Å². The van der Waals surface area contributed by atoms with Gasteiger partial charge in [-0.3, -0.25) is 10.1 Å². The van der Waals surface area contributed by atoms with Gasteiger partial charge < -0.3 is 10.1 Å². The molecule has 0 unspecified atom stereocenters. The molecule has 2 N–H and O–H groups in total. The predicted octanol–water partition coefficient (Wildman–Crippen LogP) is 2.92. The summed E-state index contributed by atoms with van der Waals surface area (Å²) in [6.45, 7) is 6.19. The van der Waals surface area contributed by atoms with Crippen molar-refractivity contribution in [1.82, 2.24) is 10.3 Å². The van der Waals surface area contributed by atoms with Crippen LogP contribution in [-0.2, 0) is 10.3 Å². The van der Waals surface area contributed by atoms with Crippen molar-refractivity contribution in [2.45, 2.75) is 26.3 Å². The Hall–Kier alpha value is -1.92. The summed E-state index contributed by atoms with van der Waals surface area (Å²) in [6, 6.07) is 7.34. The molecule has 1 heterocycles. The van der Waals surface area contributed by atoms with E-state index >= 15 is 0 Å². The van der Waals surface area contributed by atoms with Crippen molar-refractivity contribution in [2.75, 3.05) is 19.0 Å². The lowest BCUT2D eigenvalue weighted by Gasteiger charge is -2.23. The van der Waals surface area contributed by atoms with E-state index in [4.69, 9.17) is 4.74 Å². The third-order valence-electron chi connectivity index (χ3n) is 3.23. The van der Waals surface area contributed by atoms with Gasteiger partial charge in [-0.15, -0.1) is 11.3 Å². The second kappa shape index (κ2) is 6.89. The number of ether oxygens (including phenoxy) is 1. The Balaban J connectivity index is 1.95. The Morgan fingerprint density at radius 2 is 2.09 bits per heavy atom. The zero-order valence-electron chi connectivity index (χ0n) is 13.3. The highest BCUT2D eigenvalue weighted by molar-refractivity contribution is 7.09. The smallest absolute Gasteiger partial charge is 0.238 e. The normalized spacial score (nSPS) is 11.3. The van der Waals surface area contributed by atoms with Gasteiger partial charge in [-0.05, 0) is 32.9 Å². The van der Waals surface area contributed by atoms with E-state index in [0.29, 0.717) is 11.4 Å². The monoisotopic (exact) mass is 319 g/mol. The zero-order valence-corrected chi connectivity index (χ0v) is 14.1. The molecule has 0 atom stereocenters. The molecule has 6 heteroatoms. The third kappa shape index (κ3) is 4.05. The summed E-state index contributed by atoms with van der Waals surface area (Å²) in [5.74, 6) is 0.525. The second-order valence-electron chi connectivity index (χ2n) is 5.52. The number of aryl methyl sites for hydroxylation is 1. The number of rotatable bonds is 6. The maximum absolute atomic E-state index is 12.1. The Kier molecular flexibility index (Phi) is 5.15. The number of carbonyl (C=O) groups excluding carboxylic acids is 1. The predicted molar refractivity (Wildman–Crippen MR) is 89.5 cm³/mol. The first-order valence-electron chi connectivity index (χ1n) is 7.03. The maximum atomic E-state index is 12.1. The Morgan fingerprint density at radius 3 is 2.73 bits per heavy atom. The molecule has 2 rings (SSSR count). The number of thiazole rings is 1. The van der Waals surface area contributed by atoms with Crippen molar-refractivity contribution in [1.29, 1.82) is 0 Å². The number of methoxy groups -OCH3 is 1. The van der Waals surface area contributed by atoms with Crippen LogP contribution >= 0.6 is 11.3 Å². The van der Waals surface area contributed by atoms with Crippen molar-refractivity contribution in [2.24, 2.45) is 0 Å². The Labute approximate surface area is 134 Å². The molecule has 118 valence electrons. The molecule has 0 bridgehead atoms. The van der Waals surface area contributed by atoms with Crippen LogP contribution in [-0.4, -0.2) is 24.5 Å². The molecule has 0 aliphatic rings. The number of hydrogen-bond donors (Lipinski definition) is 2. The molecule has 1 amide bonds. The van der Waals surface area contributed by atoms with Gasteiger partial charge in [0.05, 0.1) is 24.9 Å². The molecule has 0 saturated carbocycles. The third-order valence-corrected chi connectivity index (χ3v) is 4.51. The van der Waals surface area contributed by atoms with Crippen molar-refractivity contribution >= 4 is 22.9 Å². The number of hydrogen-bond acceptors (Lipinski definition) is 5. The van der Waals surface area contributed by atoms with E-state index in [-0.39, 0.29) is 18.0 Å². The van der Waals surface area contributed by atoms with E-state index in [1.807, 2.05) is 50.4 Å². The van der Waals surface area contributed by atoms with Gasteiger partial charge in [-0.25, -0.2) is 4.98 Å². The van der Waals surface area contributed by atoms with E-state index in [2.05, 4.69) is 15.6 Å². The van der Waals surface area contributed by atoms with E-state index in [0.717, 1.165) is 10.7 Å². The van der Waals surface area contributed by atoms with Crippen LogP contribution in [0.4, 0.5) is 5.69 Å². The molecule has 0 saturated heterocycles. The molecule has 22 heavy (non-hydrogen) atoms. The molecule has 0 fully saturated rings. The summed E-state index contributed by atoms with van der Waals surface area (Å²) in [5.41, 5.74) is 1.31. The minimum absolute atomic E-state index is 0.120. The van der Waals surface area contributed by atoms with Crippen molar-refractivity contribution in [3.63, 3.8) is 0 Å². The van der Waals surface area contributed by atoms with Gasteiger partial charge >= 0.3 is 0 Å². The quantitative estimate of drug-likeness (QED) is 0.859. The Bertz CT molecular complexity index is 652. The number of nitrogens with zero attached hydrogens (tertiary/aromatic N) is 1. The first-order valence-corrected chi connectivity index (χ1v) is 7.91. The largest absolute Gasteiger partial charge is 0.495 e. The molecule has 2 aromatic rings. The van der Waals surface area contributed by atoms with Crippen LogP contribution in [0, 0.1) is 6.92 Å². The average Bonchev–Trinajstić information content (AvgIpc) is 2.93. The summed E-state index contributed by atoms with van der Waals surface area (Å²) < 4.78 is 5.22. The summed E-state index contributed by atoms with van der Waals surface area (Å²) >= 11 is 1.59. The number of nitrogens with one attached hydrogen (secondary N) is 2. The fourth-order valence-electron chi connectivity index (χ4n) is 1.96. The lowest BCUT2D eigenvalue weighted by Crippen LogP contribution is -2.41.